The molecule has 0 saturated carbocycles. The van der Waals surface area contributed by atoms with Gasteiger partial charge in [-0.1, -0.05) is 164 Å². The van der Waals surface area contributed by atoms with Gasteiger partial charge in [0.15, 0.2) is 17.5 Å². The first-order valence-corrected chi connectivity index (χ1v) is 19.3. The van der Waals surface area contributed by atoms with Crippen LogP contribution in [0, 0.1) is 0 Å². The second kappa shape index (κ2) is 13.6. The Morgan fingerprint density at radius 3 is 1.60 bits per heavy atom. The lowest BCUT2D eigenvalue weighted by Crippen LogP contribution is -2.15. The summed E-state index contributed by atoms with van der Waals surface area (Å²) in [6, 6.07) is 72.9. The molecule has 4 nitrogen and oxygen atoms in total. The van der Waals surface area contributed by atoms with Crippen LogP contribution in [0.15, 0.2) is 206 Å². The van der Waals surface area contributed by atoms with Crippen molar-refractivity contribution in [1.29, 1.82) is 0 Å². The molecular formula is C53H34N4. The lowest BCUT2D eigenvalue weighted by atomic mass is 9.87. The molecule has 57 heavy (non-hydrogen) atoms. The summed E-state index contributed by atoms with van der Waals surface area (Å²) in [6.45, 7) is 0. The van der Waals surface area contributed by atoms with Crippen LogP contribution >= 0.6 is 0 Å². The number of nitrogens with zero attached hydrogens (tertiary/aromatic N) is 4. The summed E-state index contributed by atoms with van der Waals surface area (Å²) in [5.41, 5.74) is 13.2. The minimum atomic E-state index is 0.627. The topological polar surface area (TPSA) is 41.9 Å². The predicted molar refractivity (Wildman–Crippen MR) is 236 cm³/mol. The number of aromatic nitrogens is 3. The maximum absolute atomic E-state index is 5.18. The number of para-hydroxylation sites is 1. The van der Waals surface area contributed by atoms with Gasteiger partial charge in [0.05, 0.1) is 11.4 Å². The molecule has 9 aromatic carbocycles. The monoisotopic (exact) mass is 726 g/mol. The van der Waals surface area contributed by atoms with E-state index < -0.39 is 0 Å². The molecule has 0 fully saturated rings. The Morgan fingerprint density at radius 1 is 0.298 bits per heavy atom. The Balaban J connectivity index is 1.07. The van der Waals surface area contributed by atoms with Gasteiger partial charge in [0.25, 0.3) is 0 Å². The molecule has 0 spiro atoms. The van der Waals surface area contributed by atoms with Crippen LogP contribution in [0.2, 0.25) is 0 Å². The van der Waals surface area contributed by atoms with Crippen LogP contribution in [-0.2, 0) is 0 Å². The van der Waals surface area contributed by atoms with Gasteiger partial charge in [0, 0.05) is 33.3 Å². The van der Waals surface area contributed by atoms with E-state index in [1.807, 2.05) is 18.2 Å². The van der Waals surface area contributed by atoms with Crippen LogP contribution in [0.25, 0.3) is 89.1 Å². The van der Waals surface area contributed by atoms with E-state index in [9.17, 15) is 0 Å². The first kappa shape index (κ1) is 32.7. The van der Waals surface area contributed by atoms with E-state index >= 15 is 0 Å². The number of benzene rings is 9. The zero-order valence-corrected chi connectivity index (χ0v) is 30.9. The Morgan fingerprint density at radius 2 is 0.860 bits per heavy atom. The van der Waals surface area contributed by atoms with Gasteiger partial charge in [-0.25, -0.2) is 15.0 Å². The molecule has 0 N–H and O–H groups in total. The molecule has 1 aliphatic rings. The number of anilines is 3. The molecule has 2 heterocycles. The van der Waals surface area contributed by atoms with E-state index in [0.29, 0.717) is 17.5 Å². The molecule has 0 saturated heterocycles. The number of hydrogen-bond acceptors (Lipinski definition) is 4. The minimum absolute atomic E-state index is 0.627. The van der Waals surface area contributed by atoms with E-state index in [2.05, 4.69) is 193 Å². The average molecular weight is 727 g/mol. The molecule has 0 aliphatic carbocycles. The standard InChI is InChI=1S/C53H34N4/c1-4-14-37(15-5-1)44-30-32-49-50-45(44)21-12-22-46(50)47-34-42(29-31-48(47)57(49)43-19-8-3-9-20-43)53-55-51(38-16-6-2-7-17-38)54-52(56-53)39-26-23-36(24-27-39)41-28-25-35-13-10-11-18-40(35)33-41/h1-34H. The van der Waals surface area contributed by atoms with Crippen molar-refractivity contribution < 1.29 is 0 Å². The first-order valence-electron chi connectivity index (χ1n) is 19.3. The van der Waals surface area contributed by atoms with Crippen LogP contribution in [-0.4, -0.2) is 15.0 Å². The molecule has 0 bridgehead atoms. The molecule has 0 atom stereocenters. The summed E-state index contributed by atoms with van der Waals surface area (Å²) < 4.78 is 0. The summed E-state index contributed by atoms with van der Waals surface area (Å²) in [6.07, 6.45) is 0. The van der Waals surface area contributed by atoms with Gasteiger partial charge < -0.3 is 4.90 Å². The summed E-state index contributed by atoms with van der Waals surface area (Å²) in [5, 5.41) is 4.90. The second-order valence-corrected chi connectivity index (χ2v) is 14.4. The van der Waals surface area contributed by atoms with Gasteiger partial charge in [-0.15, -0.1) is 0 Å². The highest BCUT2D eigenvalue weighted by Crippen LogP contribution is 2.53. The lowest BCUT2D eigenvalue weighted by molar-refractivity contribution is 1.07. The molecule has 10 aromatic rings. The van der Waals surface area contributed by atoms with Crippen LogP contribution in [0.3, 0.4) is 0 Å². The van der Waals surface area contributed by atoms with Crippen LogP contribution < -0.4 is 4.90 Å². The number of hydrogen-bond donors (Lipinski definition) is 0. The Labute approximate surface area is 331 Å². The quantitative estimate of drug-likeness (QED) is 0.171. The van der Waals surface area contributed by atoms with Crippen LogP contribution in [0.4, 0.5) is 17.1 Å². The average Bonchev–Trinajstić information content (AvgIpc) is 3.30. The van der Waals surface area contributed by atoms with Crippen LogP contribution in [0.1, 0.15) is 0 Å². The largest absolute Gasteiger partial charge is 0.309 e. The summed E-state index contributed by atoms with van der Waals surface area (Å²) >= 11 is 0. The third-order valence-electron chi connectivity index (χ3n) is 11.0. The van der Waals surface area contributed by atoms with Crippen molar-refractivity contribution in [2.24, 2.45) is 0 Å². The molecule has 0 radical (unpaired) electrons. The van der Waals surface area contributed by atoms with E-state index in [0.717, 1.165) is 44.9 Å². The third-order valence-corrected chi connectivity index (χ3v) is 11.0. The highest BCUT2D eigenvalue weighted by molar-refractivity contribution is 6.17. The highest BCUT2D eigenvalue weighted by atomic mass is 15.2. The van der Waals surface area contributed by atoms with Gasteiger partial charge in [0.1, 0.15) is 0 Å². The third kappa shape index (κ3) is 5.74. The predicted octanol–water partition coefficient (Wildman–Crippen LogP) is 14.0. The van der Waals surface area contributed by atoms with Crippen molar-refractivity contribution in [2.45, 2.75) is 0 Å². The molecular weight excluding hydrogens is 693 g/mol. The first-order chi connectivity index (χ1) is 28.2. The fourth-order valence-corrected chi connectivity index (χ4v) is 8.27. The van der Waals surface area contributed by atoms with Crippen molar-refractivity contribution in [2.75, 3.05) is 4.90 Å². The number of rotatable bonds is 6. The molecule has 0 amide bonds. The summed E-state index contributed by atoms with van der Waals surface area (Å²) in [4.78, 5) is 17.7. The lowest BCUT2D eigenvalue weighted by Gasteiger charge is -2.34. The highest BCUT2D eigenvalue weighted by Gasteiger charge is 2.28. The maximum Gasteiger partial charge on any atom is 0.164 e. The second-order valence-electron chi connectivity index (χ2n) is 14.4. The van der Waals surface area contributed by atoms with Crippen molar-refractivity contribution >= 4 is 38.6 Å². The summed E-state index contributed by atoms with van der Waals surface area (Å²) in [5.74, 6) is 1.90. The van der Waals surface area contributed by atoms with Gasteiger partial charge in [0.2, 0.25) is 0 Å². The Hall–Kier alpha value is -7.69. The zero-order chi connectivity index (χ0) is 37.7. The van der Waals surface area contributed by atoms with E-state index in [4.69, 9.17) is 15.0 Å². The van der Waals surface area contributed by atoms with Crippen molar-refractivity contribution in [3.63, 3.8) is 0 Å². The molecule has 266 valence electrons. The number of fused-ring (bicyclic) bond motifs is 3. The van der Waals surface area contributed by atoms with Gasteiger partial charge in [-0.3, -0.25) is 0 Å². The molecule has 11 rings (SSSR count). The van der Waals surface area contributed by atoms with Gasteiger partial charge in [-0.05, 0) is 86.4 Å². The van der Waals surface area contributed by atoms with E-state index in [-0.39, 0.29) is 0 Å². The maximum atomic E-state index is 5.18. The van der Waals surface area contributed by atoms with E-state index in [1.165, 1.54) is 43.8 Å². The Kier molecular flexibility index (Phi) is 7.78. The van der Waals surface area contributed by atoms with Crippen molar-refractivity contribution in [3.05, 3.63) is 206 Å². The van der Waals surface area contributed by atoms with Gasteiger partial charge >= 0.3 is 0 Å². The van der Waals surface area contributed by atoms with Crippen molar-refractivity contribution in [3.8, 4) is 67.5 Å². The molecule has 4 heteroatoms. The molecule has 1 aliphatic heterocycles. The SMILES string of the molecule is c1ccc(-c2nc(-c3ccc(-c4ccc5ccccc5c4)cc3)nc(-c3ccc4c(c3)-c3cccc5c(-c6ccccc6)ccc(c35)N4c3ccccc3)n2)cc1. The normalized spacial score (nSPS) is 11.8. The molecule has 0 unspecified atom stereocenters. The van der Waals surface area contributed by atoms with E-state index in [1.54, 1.807) is 0 Å². The smallest absolute Gasteiger partial charge is 0.164 e. The minimum Gasteiger partial charge on any atom is -0.309 e. The summed E-state index contributed by atoms with van der Waals surface area (Å²) in [7, 11) is 0. The van der Waals surface area contributed by atoms with Crippen molar-refractivity contribution in [1.82, 2.24) is 15.0 Å². The fraction of sp³-hybridized carbons (Fsp3) is 0. The Bertz CT molecular complexity index is 3110. The zero-order valence-electron chi connectivity index (χ0n) is 30.9. The molecule has 1 aromatic heterocycles. The van der Waals surface area contributed by atoms with Crippen LogP contribution in [0.5, 0.6) is 0 Å². The fourth-order valence-electron chi connectivity index (χ4n) is 8.27. The van der Waals surface area contributed by atoms with Gasteiger partial charge in [-0.2, -0.15) is 0 Å².